The first-order valence-corrected chi connectivity index (χ1v) is 5.60. The van der Waals surface area contributed by atoms with Gasteiger partial charge in [0.05, 0.1) is 0 Å². The van der Waals surface area contributed by atoms with Crippen LogP contribution in [-0.4, -0.2) is 37.7 Å². The Labute approximate surface area is 95.4 Å². The predicted molar refractivity (Wildman–Crippen MR) is 64.3 cm³/mol. The molecule has 0 aromatic heterocycles. The van der Waals surface area contributed by atoms with E-state index in [1.807, 2.05) is 18.2 Å². The molecule has 1 saturated heterocycles. The van der Waals surface area contributed by atoms with Crippen molar-refractivity contribution in [2.24, 2.45) is 5.73 Å². The van der Waals surface area contributed by atoms with E-state index in [4.69, 9.17) is 17.3 Å². The summed E-state index contributed by atoms with van der Waals surface area (Å²) in [5.41, 5.74) is 6.81. The van der Waals surface area contributed by atoms with Crippen molar-refractivity contribution in [3.05, 3.63) is 29.3 Å². The zero-order valence-electron chi connectivity index (χ0n) is 8.69. The van der Waals surface area contributed by atoms with Crippen LogP contribution in [0.2, 0.25) is 5.02 Å². The fraction of sp³-hybridized carbons (Fsp3) is 0.455. The number of rotatable bonds is 2. The van der Waals surface area contributed by atoms with E-state index in [1.54, 1.807) is 0 Å². The average Bonchev–Trinajstić information content (AvgIpc) is 2.29. The van der Waals surface area contributed by atoms with E-state index in [1.165, 1.54) is 5.69 Å². The summed E-state index contributed by atoms with van der Waals surface area (Å²) in [5.74, 6) is 0. The molecule has 0 unspecified atom stereocenters. The van der Waals surface area contributed by atoms with Crippen LogP contribution in [0.5, 0.6) is 0 Å². The number of piperazine rings is 1. The lowest BCUT2D eigenvalue weighted by Gasteiger charge is -2.35. The van der Waals surface area contributed by atoms with Crippen LogP contribution in [0.25, 0.3) is 0 Å². The van der Waals surface area contributed by atoms with Crippen LogP contribution in [0.15, 0.2) is 24.3 Å². The van der Waals surface area contributed by atoms with Gasteiger partial charge in [-0.15, -0.1) is 0 Å². The van der Waals surface area contributed by atoms with Gasteiger partial charge >= 0.3 is 0 Å². The highest BCUT2D eigenvalue weighted by Crippen LogP contribution is 2.20. The van der Waals surface area contributed by atoms with Crippen LogP contribution < -0.4 is 10.6 Å². The molecule has 0 atom stereocenters. The van der Waals surface area contributed by atoms with Crippen molar-refractivity contribution >= 4 is 17.3 Å². The molecule has 1 aromatic carbocycles. The van der Waals surface area contributed by atoms with E-state index < -0.39 is 0 Å². The van der Waals surface area contributed by atoms with Gasteiger partial charge < -0.3 is 10.6 Å². The van der Waals surface area contributed by atoms with Crippen LogP contribution in [0, 0.1) is 0 Å². The Balaban J connectivity index is 2.01. The summed E-state index contributed by atoms with van der Waals surface area (Å²) in [6.07, 6.45) is 0. The largest absolute Gasteiger partial charge is 0.369 e. The van der Waals surface area contributed by atoms with Crippen molar-refractivity contribution in [2.45, 2.75) is 0 Å². The molecule has 4 heteroatoms. The summed E-state index contributed by atoms with van der Waals surface area (Å²) < 4.78 is 0. The van der Waals surface area contributed by atoms with E-state index in [2.05, 4.69) is 15.9 Å². The van der Waals surface area contributed by atoms with E-state index >= 15 is 0 Å². The molecule has 1 heterocycles. The first-order chi connectivity index (χ1) is 7.29. The van der Waals surface area contributed by atoms with Gasteiger partial charge in [-0.2, -0.15) is 0 Å². The molecule has 0 radical (unpaired) electrons. The molecule has 0 aliphatic carbocycles. The van der Waals surface area contributed by atoms with E-state index in [0.717, 1.165) is 31.2 Å². The van der Waals surface area contributed by atoms with Crippen molar-refractivity contribution in [1.29, 1.82) is 0 Å². The molecule has 0 spiro atoms. The molecule has 3 nitrogen and oxygen atoms in total. The monoisotopic (exact) mass is 225 g/mol. The summed E-state index contributed by atoms with van der Waals surface area (Å²) in [7, 11) is 0. The van der Waals surface area contributed by atoms with Gasteiger partial charge in [0.2, 0.25) is 0 Å². The number of halogens is 1. The third kappa shape index (κ3) is 2.62. The molecule has 1 aliphatic rings. The maximum atomic E-state index is 5.96. The topological polar surface area (TPSA) is 32.5 Å². The van der Waals surface area contributed by atoms with Crippen LogP contribution >= 0.6 is 11.6 Å². The number of nitrogens with two attached hydrogens (primary N) is 1. The molecule has 0 saturated carbocycles. The Morgan fingerprint density at radius 1 is 1.20 bits per heavy atom. The minimum absolute atomic E-state index is 0.656. The lowest BCUT2D eigenvalue weighted by Crippen LogP contribution is -2.48. The molecule has 0 amide bonds. The van der Waals surface area contributed by atoms with E-state index in [-0.39, 0.29) is 0 Å². The first-order valence-electron chi connectivity index (χ1n) is 5.22. The second kappa shape index (κ2) is 4.84. The van der Waals surface area contributed by atoms with Gasteiger partial charge in [-0.05, 0) is 18.2 Å². The van der Waals surface area contributed by atoms with Crippen molar-refractivity contribution in [3.8, 4) is 0 Å². The second-order valence-electron chi connectivity index (χ2n) is 3.77. The molecular formula is C11H16ClN3. The summed E-state index contributed by atoms with van der Waals surface area (Å²) in [5, 5.41) is 0.800. The third-order valence-electron chi connectivity index (χ3n) is 2.80. The zero-order valence-corrected chi connectivity index (χ0v) is 9.45. The molecule has 1 aliphatic heterocycles. The number of anilines is 1. The minimum Gasteiger partial charge on any atom is -0.369 e. The maximum absolute atomic E-state index is 5.96. The van der Waals surface area contributed by atoms with Gasteiger partial charge in [0.1, 0.15) is 0 Å². The molecule has 2 N–H and O–H groups in total. The van der Waals surface area contributed by atoms with Crippen LogP contribution in [0.4, 0.5) is 5.69 Å². The Morgan fingerprint density at radius 2 is 1.93 bits per heavy atom. The lowest BCUT2D eigenvalue weighted by atomic mass is 10.2. The predicted octanol–water partition coefficient (Wildman–Crippen LogP) is 1.38. The van der Waals surface area contributed by atoms with E-state index in [0.29, 0.717) is 6.67 Å². The van der Waals surface area contributed by atoms with Gasteiger partial charge in [0.15, 0.2) is 0 Å². The normalized spacial score (nSPS) is 18.1. The first kappa shape index (κ1) is 10.7. The van der Waals surface area contributed by atoms with Crippen molar-refractivity contribution in [1.82, 2.24) is 4.90 Å². The molecule has 15 heavy (non-hydrogen) atoms. The van der Waals surface area contributed by atoms with Gasteiger partial charge in [-0.3, -0.25) is 4.90 Å². The Kier molecular flexibility index (Phi) is 3.46. The number of benzene rings is 1. The van der Waals surface area contributed by atoms with Gasteiger partial charge in [0.25, 0.3) is 0 Å². The van der Waals surface area contributed by atoms with Crippen molar-refractivity contribution < 1.29 is 0 Å². The zero-order chi connectivity index (χ0) is 10.7. The van der Waals surface area contributed by atoms with Crippen molar-refractivity contribution in [2.75, 3.05) is 37.7 Å². The summed E-state index contributed by atoms with van der Waals surface area (Å²) in [4.78, 5) is 4.60. The lowest BCUT2D eigenvalue weighted by molar-refractivity contribution is 0.265. The van der Waals surface area contributed by atoms with Gasteiger partial charge in [0, 0.05) is 43.6 Å². The highest BCUT2D eigenvalue weighted by molar-refractivity contribution is 6.30. The van der Waals surface area contributed by atoms with Gasteiger partial charge in [-0.25, -0.2) is 0 Å². The molecule has 2 rings (SSSR count). The fourth-order valence-corrected chi connectivity index (χ4v) is 2.05. The molecule has 1 fully saturated rings. The Hall–Kier alpha value is -0.770. The summed E-state index contributed by atoms with van der Waals surface area (Å²) in [6.45, 7) is 4.77. The number of nitrogens with zero attached hydrogens (tertiary/aromatic N) is 2. The van der Waals surface area contributed by atoms with Gasteiger partial charge in [-0.1, -0.05) is 17.7 Å². The highest BCUT2D eigenvalue weighted by Gasteiger charge is 2.15. The smallest absolute Gasteiger partial charge is 0.0456 e. The standard InChI is InChI=1S/C11H16ClN3/c12-10-2-1-3-11(8-10)15-6-4-14(9-13)5-7-15/h1-3,8H,4-7,9,13H2. The summed E-state index contributed by atoms with van der Waals surface area (Å²) in [6, 6.07) is 8.01. The Bertz CT molecular complexity index is 321. The molecule has 0 bridgehead atoms. The SMILES string of the molecule is NCN1CCN(c2cccc(Cl)c2)CC1. The van der Waals surface area contributed by atoms with Crippen LogP contribution in [0.3, 0.4) is 0 Å². The third-order valence-corrected chi connectivity index (χ3v) is 3.04. The minimum atomic E-state index is 0.656. The quantitative estimate of drug-likeness (QED) is 0.826. The highest BCUT2D eigenvalue weighted by atomic mass is 35.5. The maximum Gasteiger partial charge on any atom is 0.0456 e. The molecular weight excluding hydrogens is 210 g/mol. The molecule has 82 valence electrons. The van der Waals surface area contributed by atoms with Crippen LogP contribution in [-0.2, 0) is 0 Å². The summed E-state index contributed by atoms with van der Waals surface area (Å²) >= 11 is 5.96. The number of hydrogen-bond acceptors (Lipinski definition) is 3. The second-order valence-corrected chi connectivity index (χ2v) is 4.20. The van der Waals surface area contributed by atoms with Crippen LogP contribution in [0.1, 0.15) is 0 Å². The average molecular weight is 226 g/mol. The number of hydrogen-bond donors (Lipinski definition) is 1. The Morgan fingerprint density at radius 3 is 2.53 bits per heavy atom. The molecule has 1 aromatic rings. The fourth-order valence-electron chi connectivity index (χ4n) is 1.86. The van der Waals surface area contributed by atoms with Crippen molar-refractivity contribution in [3.63, 3.8) is 0 Å². The van der Waals surface area contributed by atoms with E-state index in [9.17, 15) is 0 Å².